The van der Waals surface area contributed by atoms with Crippen molar-refractivity contribution < 1.29 is 22.5 Å². The van der Waals surface area contributed by atoms with Crippen molar-refractivity contribution in [3.8, 4) is 0 Å². The number of aryl methyl sites for hydroxylation is 1. The number of halogens is 1. The van der Waals surface area contributed by atoms with E-state index in [9.17, 15) is 13.2 Å². The Bertz CT molecular complexity index is 895. The SMILES string of the molecule is O=C(NCCN1CCOCC1)c1nc(CCS(=O)(=O)c2ccc(Cl)cc2)no1. The van der Waals surface area contributed by atoms with E-state index < -0.39 is 15.7 Å². The first kappa shape index (κ1) is 20.7. The molecule has 1 fully saturated rings. The molecule has 0 spiro atoms. The molecule has 0 unspecified atom stereocenters. The van der Waals surface area contributed by atoms with Gasteiger partial charge in [-0.1, -0.05) is 16.8 Å². The lowest BCUT2D eigenvalue weighted by atomic mass is 10.4. The molecule has 0 aliphatic carbocycles. The molecule has 1 aromatic carbocycles. The lowest BCUT2D eigenvalue weighted by molar-refractivity contribution is 0.0382. The number of rotatable bonds is 8. The van der Waals surface area contributed by atoms with Gasteiger partial charge in [0.05, 0.1) is 23.9 Å². The summed E-state index contributed by atoms with van der Waals surface area (Å²) < 4.78 is 34.9. The lowest BCUT2D eigenvalue weighted by Gasteiger charge is -2.26. The van der Waals surface area contributed by atoms with E-state index in [-0.39, 0.29) is 28.8 Å². The third-order valence-electron chi connectivity index (χ3n) is 4.25. The van der Waals surface area contributed by atoms with E-state index in [0.29, 0.717) is 31.3 Å². The van der Waals surface area contributed by atoms with Crippen LogP contribution in [0.4, 0.5) is 0 Å². The average Bonchev–Trinajstić information content (AvgIpc) is 3.17. The predicted molar refractivity (Wildman–Crippen MR) is 101 cm³/mol. The molecule has 0 radical (unpaired) electrons. The second-order valence-electron chi connectivity index (χ2n) is 6.25. The molecule has 1 amide bonds. The summed E-state index contributed by atoms with van der Waals surface area (Å²) in [6.45, 7) is 4.21. The molecule has 1 aliphatic heterocycles. The van der Waals surface area contributed by atoms with Crippen LogP contribution in [0.2, 0.25) is 5.02 Å². The summed E-state index contributed by atoms with van der Waals surface area (Å²) >= 11 is 5.77. The quantitative estimate of drug-likeness (QED) is 0.656. The van der Waals surface area contributed by atoms with Crippen molar-refractivity contribution in [1.82, 2.24) is 20.4 Å². The Morgan fingerprint density at radius 3 is 2.64 bits per heavy atom. The highest BCUT2D eigenvalue weighted by Gasteiger charge is 2.19. The average molecular weight is 429 g/mol. The maximum absolute atomic E-state index is 12.3. The number of amides is 1. The van der Waals surface area contributed by atoms with Gasteiger partial charge >= 0.3 is 11.8 Å². The molecule has 1 aliphatic rings. The number of hydrogen-bond donors (Lipinski definition) is 1. The van der Waals surface area contributed by atoms with Crippen LogP contribution < -0.4 is 5.32 Å². The van der Waals surface area contributed by atoms with Crippen molar-refractivity contribution in [3.05, 3.63) is 41.0 Å². The van der Waals surface area contributed by atoms with E-state index in [1.165, 1.54) is 24.3 Å². The number of nitrogens with zero attached hydrogens (tertiary/aromatic N) is 3. The molecular formula is C17H21ClN4O5S. The van der Waals surface area contributed by atoms with Crippen molar-refractivity contribution in [2.24, 2.45) is 0 Å². The molecular weight excluding hydrogens is 408 g/mol. The third-order valence-corrected chi connectivity index (χ3v) is 6.23. The fourth-order valence-electron chi connectivity index (χ4n) is 2.66. The minimum Gasteiger partial charge on any atom is -0.379 e. The zero-order chi connectivity index (χ0) is 20.0. The molecule has 152 valence electrons. The highest BCUT2D eigenvalue weighted by molar-refractivity contribution is 7.91. The lowest BCUT2D eigenvalue weighted by Crippen LogP contribution is -2.41. The second kappa shape index (κ2) is 9.46. The van der Waals surface area contributed by atoms with E-state index in [1.807, 2.05) is 0 Å². The standard InChI is InChI=1S/C17H21ClN4O5S/c18-13-1-3-14(4-2-13)28(24,25)12-5-15-20-17(27-21-15)16(23)19-6-7-22-8-10-26-11-9-22/h1-4H,5-12H2,(H,19,23). The molecule has 1 aromatic heterocycles. The number of benzene rings is 1. The predicted octanol–water partition coefficient (Wildman–Crippen LogP) is 0.801. The van der Waals surface area contributed by atoms with Crippen molar-refractivity contribution in [1.29, 1.82) is 0 Å². The Balaban J connectivity index is 1.47. The highest BCUT2D eigenvalue weighted by atomic mass is 35.5. The Labute approximate surface area is 167 Å². The van der Waals surface area contributed by atoms with Crippen molar-refractivity contribution in [3.63, 3.8) is 0 Å². The van der Waals surface area contributed by atoms with Gasteiger partial charge in [-0.15, -0.1) is 0 Å². The summed E-state index contributed by atoms with van der Waals surface area (Å²) in [6.07, 6.45) is 0.0372. The van der Waals surface area contributed by atoms with Gasteiger partial charge in [-0.05, 0) is 24.3 Å². The van der Waals surface area contributed by atoms with Crippen LogP contribution in [0.15, 0.2) is 33.7 Å². The number of nitrogens with one attached hydrogen (secondary N) is 1. The molecule has 2 aromatic rings. The van der Waals surface area contributed by atoms with Gasteiger partial charge in [0.2, 0.25) is 0 Å². The van der Waals surface area contributed by atoms with E-state index in [2.05, 4.69) is 20.4 Å². The fourth-order valence-corrected chi connectivity index (χ4v) is 4.02. The minimum atomic E-state index is -3.51. The number of ether oxygens (including phenoxy) is 1. The summed E-state index contributed by atoms with van der Waals surface area (Å²) in [4.78, 5) is 18.4. The van der Waals surface area contributed by atoms with E-state index in [1.54, 1.807) is 0 Å². The van der Waals surface area contributed by atoms with Crippen LogP contribution in [0.25, 0.3) is 0 Å². The van der Waals surface area contributed by atoms with Gasteiger partial charge in [0.25, 0.3) is 0 Å². The number of aromatic nitrogens is 2. The minimum absolute atomic E-state index is 0.0372. The molecule has 0 atom stereocenters. The Kier molecular flexibility index (Phi) is 7.00. The van der Waals surface area contributed by atoms with Gasteiger partial charge in [-0.25, -0.2) is 8.42 Å². The summed E-state index contributed by atoms with van der Waals surface area (Å²) in [5.41, 5.74) is 0. The maximum Gasteiger partial charge on any atom is 0.315 e. The van der Waals surface area contributed by atoms with Crippen LogP contribution in [-0.2, 0) is 21.0 Å². The molecule has 2 heterocycles. The smallest absolute Gasteiger partial charge is 0.315 e. The Hall–Kier alpha value is -2.01. The molecule has 0 bridgehead atoms. The highest BCUT2D eigenvalue weighted by Crippen LogP contribution is 2.16. The third kappa shape index (κ3) is 5.74. The molecule has 9 nitrogen and oxygen atoms in total. The van der Waals surface area contributed by atoms with E-state index in [0.717, 1.165) is 13.1 Å². The van der Waals surface area contributed by atoms with Crippen LogP contribution in [-0.4, -0.2) is 74.5 Å². The molecule has 3 rings (SSSR count). The van der Waals surface area contributed by atoms with Crippen LogP contribution in [0, 0.1) is 0 Å². The van der Waals surface area contributed by atoms with Crippen LogP contribution in [0.1, 0.15) is 16.5 Å². The van der Waals surface area contributed by atoms with Gasteiger partial charge in [0.1, 0.15) is 0 Å². The number of hydrogen-bond acceptors (Lipinski definition) is 8. The van der Waals surface area contributed by atoms with E-state index >= 15 is 0 Å². The normalized spacial score (nSPS) is 15.5. The summed E-state index contributed by atoms with van der Waals surface area (Å²) in [6, 6.07) is 5.92. The van der Waals surface area contributed by atoms with Gasteiger partial charge in [0, 0.05) is 37.6 Å². The van der Waals surface area contributed by atoms with Crippen LogP contribution >= 0.6 is 11.6 Å². The summed E-state index contributed by atoms with van der Waals surface area (Å²) in [5.74, 6) is -0.698. The summed E-state index contributed by atoms with van der Waals surface area (Å²) in [5, 5.41) is 6.86. The Morgan fingerprint density at radius 1 is 1.21 bits per heavy atom. The molecule has 1 saturated heterocycles. The molecule has 11 heteroatoms. The summed E-state index contributed by atoms with van der Waals surface area (Å²) in [7, 11) is -3.51. The van der Waals surface area contributed by atoms with Gasteiger partial charge in [0.15, 0.2) is 15.7 Å². The number of carbonyl (C=O) groups excluding carboxylic acids is 1. The second-order valence-corrected chi connectivity index (χ2v) is 8.79. The van der Waals surface area contributed by atoms with E-state index in [4.69, 9.17) is 20.9 Å². The van der Waals surface area contributed by atoms with Crippen LogP contribution in [0.5, 0.6) is 0 Å². The maximum atomic E-state index is 12.3. The number of carbonyl (C=O) groups is 1. The van der Waals surface area contributed by atoms with Crippen molar-refractivity contribution >= 4 is 27.3 Å². The molecule has 28 heavy (non-hydrogen) atoms. The largest absolute Gasteiger partial charge is 0.379 e. The topological polar surface area (TPSA) is 115 Å². The van der Waals surface area contributed by atoms with Gasteiger partial charge in [-0.3, -0.25) is 9.69 Å². The number of sulfone groups is 1. The van der Waals surface area contributed by atoms with Crippen molar-refractivity contribution in [2.45, 2.75) is 11.3 Å². The van der Waals surface area contributed by atoms with Crippen molar-refractivity contribution in [2.75, 3.05) is 45.1 Å². The van der Waals surface area contributed by atoms with Crippen LogP contribution in [0.3, 0.4) is 0 Å². The fraction of sp³-hybridized carbons (Fsp3) is 0.471. The molecule has 1 N–H and O–H groups in total. The van der Waals surface area contributed by atoms with Gasteiger partial charge in [-0.2, -0.15) is 4.98 Å². The monoisotopic (exact) mass is 428 g/mol. The first-order valence-corrected chi connectivity index (χ1v) is 10.9. The first-order chi connectivity index (χ1) is 13.4. The number of morpholine rings is 1. The Morgan fingerprint density at radius 2 is 1.93 bits per heavy atom. The van der Waals surface area contributed by atoms with Gasteiger partial charge < -0.3 is 14.6 Å². The first-order valence-electron chi connectivity index (χ1n) is 8.83. The molecule has 0 saturated carbocycles. The zero-order valence-electron chi connectivity index (χ0n) is 15.1. The zero-order valence-corrected chi connectivity index (χ0v) is 16.7.